The quantitative estimate of drug-likeness (QED) is 0.820. The van der Waals surface area contributed by atoms with Gasteiger partial charge in [-0.15, -0.1) is 0 Å². The first-order valence-corrected chi connectivity index (χ1v) is 9.02. The maximum Gasteiger partial charge on any atom is 0.322 e. The number of amides is 3. The molecule has 0 spiro atoms. The summed E-state index contributed by atoms with van der Waals surface area (Å²) in [6, 6.07) is 4.15. The Bertz CT molecular complexity index is 984. The molecular formula is C19H20F2N6O2. The SMILES string of the molecule is C[C@H](CF)NC(=O)c1ncn2c1CN(C(=O)Nc1ccc(F)c(C#N)c1)[C@@H](C)C2. The minimum atomic E-state index is -0.699. The van der Waals surface area contributed by atoms with Gasteiger partial charge in [-0.1, -0.05) is 0 Å². The average molecular weight is 402 g/mol. The average Bonchev–Trinajstić information content (AvgIpc) is 3.11. The van der Waals surface area contributed by atoms with Crippen LogP contribution in [0.4, 0.5) is 19.3 Å². The highest BCUT2D eigenvalue weighted by atomic mass is 19.1. The molecule has 0 radical (unpaired) electrons. The van der Waals surface area contributed by atoms with Gasteiger partial charge < -0.3 is 20.1 Å². The first kappa shape index (κ1) is 20.3. The summed E-state index contributed by atoms with van der Waals surface area (Å²) < 4.78 is 27.9. The van der Waals surface area contributed by atoms with Gasteiger partial charge in [-0.3, -0.25) is 4.79 Å². The Kier molecular flexibility index (Phi) is 5.77. The molecule has 0 fully saturated rings. The fourth-order valence-corrected chi connectivity index (χ4v) is 3.11. The molecule has 0 saturated heterocycles. The Morgan fingerprint density at radius 2 is 2.21 bits per heavy atom. The van der Waals surface area contributed by atoms with Crippen molar-refractivity contribution in [2.75, 3.05) is 12.0 Å². The van der Waals surface area contributed by atoms with Crippen LogP contribution in [0.1, 0.15) is 35.6 Å². The van der Waals surface area contributed by atoms with Crippen LogP contribution in [-0.4, -0.2) is 45.1 Å². The van der Waals surface area contributed by atoms with Crippen LogP contribution in [0.2, 0.25) is 0 Å². The molecule has 0 unspecified atom stereocenters. The number of hydrogen-bond acceptors (Lipinski definition) is 4. The van der Waals surface area contributed by atoms with E-state index in [1.54, 1.807) is 17.6 Å². The highest BCUT2D eigenvalue weighted by Crippen LogP contribution is 2.22. The molecule has 3 amide bonds. The van der Waals surface area contributed by atoms with Gasteiger partial charge in [-0.25, -0.2) is 18.6 Å². The van der Waals surface area contributed by atoms with Crippen LogP contribution in [-0.2, 0) is 13.1 Å². The molecule has 1 aliphatic heterocycles. The van der Waals surface area contributed by atoms with Gasteiger partial charge in [0.25, 0.3) is 5.91 Å². The minimum absolute atomic E-state index is 0.117. The van der Waals surface area contributed by atoms with Crippen molar-refractivity contribution in [3.63, 3.8) is 0 Å². The summed E-state index contributed by atoms with van der Waals surface area (Å²) in [4.78, 5) is 30.8. The van der Waals surface area contributed by atoms with Gasteiger partial charge in [-0.05, 0) is 32.0 Å². The number of carbonyl (C=O) groups is 2. The lowest BCUT2D eigenvalue weighted by atomic mass is 10.1. The molecule has 0 aliphatic carbocycles. The summed E-state index contributed by atoms with van der Waals surface area (Å²) >= 11 is 0. The largest absolute Gasteiger partial charge is 0.346 e. The van der Waals surface area contributed by atoms with Gasteiger partial charge >= 0.3 is 6.03 Å². The van der Waals surface area contributed by atoms with Crippen molar-refractivity contribution in [2.24, 2.45) is 0 Å². The summed E-state index contributed by atoms with van der Waals surface area (Å²) in [5.74, 6) is -1.17. The van der Waals surface area contributed by atoms with Crippen LogP contribution >= 0.6 is 0 Å². The molecule has 1 aliphatic rings. The van der Waals surface area contributed by atoms with Crippen molar-refractivity contribution in [1.29, 1.82) is 5.26 Å². The van der Waals surface area contributed by atoms with Crippen LogP contribution in [0, 0.1) is 17.1 Å². The Morgan fingerprint density at radius 1 is 1.45 bits per heavy atom. The van der Waals surface area contributed by atoms with E-state index < -0.39 is 30.5 Å². The second kappa shape index (κ2) is 8.26. The van der Waals surface area contributed by atoms with Gasteiger partial charge in [-0.2, -0.15) is 5.26 Å². The molecule has 0 saturated carbocycles. The van der Waals surface area contributed by atoms with Gasteiger partial charge in [0, 0.05) is 18.3 Å². The highest BCUT2D eigenvalue weighted by molar-refractivity contribution is 5.94. The fraction of sp³-hybridized carbons (Fsp3) is 0.368. The van der Waals surface area contributed by atoms with Crippen molar-refractivity contribution in [2.45, 2.75) is 39.0 Å². The molecule has 2 heterocycles. The summed E-state index contributed by atoms with van der Waals surface area (Å²) in [5.41, 5.74) is 0.796. The molecular weight excluding hydrogens is 382 g/mol. The monoisotopic (exact) mass is 402 g/mol. The van der Waals surface area contributed by atoms with E-state index in [2.05, 4.69) is 15.6 Å². The number of benzene rings is 1. The van der Waals surface area contributed by atoms with Gasteiger partial charge in [0.15, 0.2) is 5.69 Å². The third kappa shape index (κ3) is 4.18. The fourth-order valence-electron chi connectivity index (χ4n) is 3.11. The Labute approximate surface area is 166 Å². The summed E-state index contributed by atoms with van der Waals surface area (Å²) in [7, 11) is 0. The Morgan fingerprint density at radius 3 is 2.90 bits per heavy atom. The molecule has 8 nitrogen and oxygen atoms in total. The zero-order valence-electron chi connectivity index (χ0n) is 15.9. The van der Waals surface area contributed by atoms with Gasteiger partial charge in [0.05, 0.1) is 30.2 Å². The minimum Gasteiger partial charge on any atom is -0.346 e. The van der Waals surface area contributed by atoms with Crippen LogP contribution in [0.25, 0.3) is 0 Å². The lowest BCUT2D eigenvalue weighted by molar-refractivity contribution is 0.0924. The Hall–Kier alpha value is -3.48. The van der Waals surface area contributed by atoms with E-state index in [9.17, 15) is 18.4 Å². The number of rotatable bonds is 4. The first-order valence-electron chi connectivity index (χ1n) is 9.02. The maximum absolute atomic E-state index is 13.5. The molecule has 1 aromatic carbocycles. The summed E-state index contributed by atoms with van der Waals surface area (Å²) in [6.07, 6.45) is 1.52. The Balaban J connectivity index is 1.78. The van der Waals surface area contributed by atoms with Crippen molar-refractivity contribution < 1.29 is 18.4 Å². The van der Waals surface area contributed by atoms with E-state index in [-0.39, 0.29) is 29.5 Å². The normalized spacial score (nSPS) is 16.5. The lowest BCUT2D eigenvalue weighted by Gasteiger charge is -2.34. The topological polar surface area (TPSA) is 103 Å². The van der Waals surface area contributed by atoms with Crippen LogP contribution in [0.5, 0.6) is 0 Å². The standard InChI is InChI=1S/C19H20F2N6O2/c1-11(6-20)24-18(28)17-16-9-27(12(2)8-26(16)10-23-17)19(29)25-14-3-4-15(21)13(5-14)7-22/h3-5,10-12H,6,8-9H2,1-2H3,(H,24,28)(H,25,29)/t11-,12+/m1/s1. The summed E-state index contributed by atoms with van der Waals surface area (Å²) in [5, 5.41) is 14.1. The van der Waals surface area contributed by atoms with E-state index in [0.29, 0.717) is 12.2 Å². The van der Waals surface area contributed by atoms with Crippen molar-refractivity contribution in [1.82, 2.24) is 19.8 Å². The summed E-state index contributed by atoms with van der Waals surface area (Å²) in [6.45, 7) is 3.23. The number of hydrogen-bond donors (Lipinski definition) is 2. The number of alkyl halides is 1. The second-order valence-electron chi connectivity index (χ2n) is 6.93. The smallest absolute Gasteiger partial charge is 0.322 e. The first-order chi connectivity index (χ1) is 13.8. The van der Waals surface area contributed by atoms with Gasteiger partial charge in [0.2, 0.25) is 0 Å². The van der Waals surface area contributed by atoms with E-state index in [1.165, 1.54) is 23.4 Å². The number of carbonyl (C=O) groups excluding carboxylic acids is 2. The number of fused-ring (bicyclic) bond motifs is 1. The molecule has 2 aromatic rings. The highest BCUT2D eigenvalue weighted by Gasteiger charge is 2.31. The van der Waals surface area contributed by atoms with Crippen molar-refractivity contribution in [3.05, 3.63) is 47.3 Å². The number of anilines is 1. The molecule has 152 valence electrons. The second-order valence-corrected chi connectivity index (χ2v) is 6.93. The molecule has 0 bridgehead atoms. The van der Waals surface area contributed by atoms with Crippen LogP contribution < -0.4 is 10.6 Å². The van der Waals surface area contributed by atoms with Gasteiger partial charge in [0.1, 0.15) is 18.6 Å². The molecule has 2 N–H and O–H groups in total. The number of aromatic nitrogens is 2. The zero-order valence-corrected chi connectivity index (χ0v) is 15.9. The number of nitriles is 1. The number of halogens is 2. The third-order valence-corrected chi connectivity index (χ3v) is 4.68. The van der Waals surface area contributed by atoms with Crippen LogP contribution in [0.3, 0.4) is 0 Å². The molecule has 2 atom stereocenters. The number of urea groups is 1. The van der Waals surface area contributed by atoms with Crippen LogP contribution in [0.15, 0.2) is 24.5 Å². The molecule has 3 rings (SSSR count). The number of nitrogens with one attached hydrogen (secondary N) is 2. The van der Waals surface area contributed by atoms with E-state index in [4.69, 9.17) is 5.26 Å². The molecule has 10 heteroatoms. The molecule has 1 aromatic heterocycles. The maximum atomic E-state index is 13.5. The predicted molar refractivity (Wildman–Crippen MR) is 100 cm³/mol. The number of nitrogens with zero attached hydrogens (tertiary/aromatic N) is 4. The lowest BCUT2D eigenvalue weighted by Crippen LogP contribution is -2.47. The van der Waals surface area contributed by atoms with Crippen molar-refractivity contribution >= 4 is 17.6 Å². The van der Waals surface area contributed by atoms with E-state index in [0.717, 1.165) is 6.07 Å². The predicted octanol–water partition coefficient (Wildman–Crippen LogP) is 2.42. The zero-order chi connectivity index (χ0) is 21.1. The molecule has 29 heavy (non-hydrogen) atoms. The number of imidazole rings is 1. The van der Waals surface area contributed by atoms with Crippen molar-refractivity contribution in [3.8, 4) is 6.07 Å². The van der Waals surface area contributed by atoms with E-state index in [1.807, 2.05) is 6.92 Å². The van der Waals surface area contributed by atoms with E-state index >= 15 is 0 Å². The third-order valence-electron chi connectivity index (χ3n) is 4.68.